The molecule has 140 valence electrons. The quantitative estimate of drug-likeness (QED) is 0.602. The number of ether oxygens (including phenoxy) is 1. The first-order valence-electron chi connectivity index (χ1n) is 9.08. The minimum absolute atomic E-state index is 0.109. The third-order valence-corrected chi connectivity index (χ3v) is 4.59. The number of benzene rings is 2. The molecular weight excluding hydrogens is 338 g/mol. The molecule has 1 heterocycles. The highest BCUT2D eigenvalue weighted by atomic mass is 16.5. The van der Waals surface area contributed by atoms with Crippen molar-refractivity contribution in [3.8, 4) is 17.1 Å². The number of carbonyl (C=O) groups is 1. The van der Waals surface area contributed by atoms with Crippen molar-refractivity contribution in [2.45, 2.75) is 26.3 Å². The van der Waals surface area contributed by atoms with Gasteiger partial charge in [-0.25, -0.2) is 0 Å². The van der Waals surface area contributed by atoms with Gasteiger partial charge in [-0.15, -0.1) is 0 Å². The number of carbonyl (C=O) groups excluding carboxylic acids is 1. The number of hydrogen-bond acceptors (Lipinski definition) is 3. The lowest BCUT2D eigenvalue weighted by Crippen LogP contribution is -2.26. The summed E-state index contributed by atoms with van der Waals surface area (Å²) in [6.07, 6.45) is 1.02. The largest absolute Gasteiger partial charge is 0.497 e. The van der Waals surface area contributed by atoms with E-state index in [0.29, 0.717) is 19.4 Å². The Kier molecular flexibility index (Phi) is 5.97. The molecule has 0 saturated heterocycles. The van der Waals surface area contributed by atoms with Crippen molar-refractivity contribution in [3.05, 3.63) is 77.6 Å². The van der Waals surface area contributed by atoms with E-state index in [9.17, 15) is 4.79 Å². The standard InChI is InChI=1S/C23H25NO3/c1-17-4-6-18(7-5-17)16-24(2)23(25)15-13-21-12-14-22(27-21)19-8-10-20(26-3)11-9-19/h4-12,14H,13,15-16H2,1-3H3. The summed E-state index contributed by atoms with van der Waals surface area (Å²) in [5.74, 6) is 2.54. The molecule has 2 aromatic carbocycles. The lowest BCUT2D eigenvalue weighted by Gasteiger charge is -2.17. The molecule has 1 amide bonds. The zero-order valence-corrected chi connectivity index (χ0v) is 16.1. The lowest BCUT2D eigenvalue weighted by atomic mass is 10.1. The first kappa shape index (κ1) is 18.8. The number of methoxy groups -OCH3 is 1. The normalized spacial score (nSPS) is 10.6. The molecule has 0 aliphatic heterocycles. The summed E-state index contributed by atoms with van der Waals surface area (Å²) in [5.41, 5.74) is 3.35. The summed E-state index contributed by atoms with van der Waals surface area (Å²) in [6.45, 7) is 2.68. The second-order valence-corrected chi connectivity index (χ2v) is 6.73. The molecule has 3 aromatic rings. The van der Waals surface area contributed by atoms with E-state index in [0.717, 1.165) is 28.4 Å². The van der Waals surface area contributed by atoms with Gasteiger partial charge in [0.15, 0.2) is 0 Å². The number of aryl methyl sites for hydroxylation is 2. The molecule has 0 fully saturated rings. The SMILES string of the molecule is COc1ccc(-c2ccc(CCC(=O)N(C)Cc3ccc(C)cc3)o2)cc1. The van der Waals surface area contributed by atoms with Crippen molar-refractivity contribution in [1.82, 2.24) is 4.90 Å². The summed E-state index contributed by atoms with van der Waals surface area (Å²) in [6, 6.07) is 19.9. The fourth-order valence-corrected chi connectivity index (χ4v) is 2.90. The Balaban J connectivity index is 1.54. The van der Waals surface area contributed by atoms with E-state index < -0.39 is 0 Å². The van der Waals surface area contributed by atoms with Gasteiger partial charge >= 0.3 is 0 Å². The highest BCUT2D eigenvalue weighted by Crippen LogP contribution is 2.25. The number of nitrogens with zero attached hydrogens (tertiary/aromatic N) is 1. The molecule has 0 atom stereocenters. The maximum atomic E-state index is 12.4. The predicted octanol–water partition coefficient (Wildman–Crippen LogP) is 4.85. The molecule has 0 aliphatic carbocycles. The fraction of sp³-hybridized carbons (Fsp3) is 0.261. The lowest BCUT2D eigenvalue weighted by molar-refractivity contribution is -0.130. The van der Waals surface area contributed by atoms with Crippen LogP contribution < -0.4 is 4.74 Å². The van der Waals surface area contributed by atoms with Gasteiger partial charge in [0.25, 0.3) is 0 Å². The number of hydrogen-bond donors (Lipinski definition) is 0. The van der Waals surface area contributed by atoms with Gasteiger partial charge in [0.1, 0.15) is 17.3 Å². The van der Waals surface area contributed by atoms with Gasteiger partial charge in [0, 0.05) is 32.0 Å². The van der Waals surface area contributed by atoms with Crippen LogP contribution in [0, 0.1) is 6.92 Å². The zero-order chi connectivity index (χ0) is 19.2. The molecule has 0 N–H and O–H groups in total. The van der Waals surface area contributed by atoms with E-state index >= 15 is 0 Å². The average molecular weight is 363 g/mol. The highest BCUT2D eigenvalue weighted by molar-refractivity contribution is 5.76. The molecule has 1 aromatic heterocycles. The van der Waals surface area contributed by atoms with E-state index in [-0.39, 0.29) is 5.91 Å². The van der Waals surface area contributed by atoms with E-state index in [2.05, 4.69) is 31.2 Å². The van der Waals surface area contributed by atoms with E-state index in [1.54, 1.807) is 12.0 Å². The van der Waals surface area contributed by atoms with Crippen molar-refractivity contribution < 1.29 is 13.9 Å². The number of furan rings is 1. The van der Waals surface area contributed by atoms with Crippen molar-refractivity contribution >= 4 is 5.91 Å². The Labute approximate surface area is 160 Å². The topological polar surface area (TPSA) is 42.7 Å². The molecule has 27 heavy (non-hydrogen) atoms. The van der Waals surface area contributed by atoms with Crippen LogP contribution in [0.5, 0.6) is 5.75 Å². The molecule has 0 saturated carbocycles. The van der Waals surface area contributed by atoms with Crippen molar-refractivity contribution in [3.63, 3.8) is 0 Å². The van der Waals surface area contributed by atoms with E-state index in [1.807, 2.05) is 43.4 Å². The molecule has 4 heteroatoms. The van der Waals surface area contributed by atoms with E-state index in [4.69, 9.17) is 9.15 Å². The van der Waals surface area contributed by atoms with Gasteiger partial charge in [0.2, 0.25) is 5.91 Å². The minimum Gasteiger partial charge on any atom is -0.497 e. The minimum atomic E-state index is 0.109. The Morgan fingerprint density at radius 3 is 2.37 bits per heavy atom. The van der Waals surface area contributed by atoms with Gasteiger partial charge in [-0.1, -0.05) is 29.8 Å². The molecule has 3 rings (SSSR count). The highest BCUT2D eigenvalue weighted by Gasteiger charge is 2.12. The zero-order valence-electron chi connectivity index (χ0n) is 16.1. The predicted molar refractivity (Wildman–Crippen MR) is 107 cm³/mol. The smallest absolute Gasteiger partial charge is 0.223 e. The van der Waals surface area contributed by atoms with Gasteiger partial charge in [-0.2, -0.15) is 0 Å². The summed E-state index contributed by atoms with van der Waals surface area (Å²) in [7, 11) is 3.49. The first-order chi connectivity index (χ1) is 13.0. The molecular formula is C23H25NO3. The van der Waals surface area contributed by atoms with Crippen LogP contribution in [0.15, 0.2) is 65.1 Å². The molecule has 0 aliphatic rings. The Morgan fingerprint density at radius 2 is 1.70 bits per heavy atom. The number of amides is 1. The second kappa shape index (κ2) is 8.58. The van der Waals surface area contributed by atoms with Crippen LogP contribution >= 0.6 is 0 Å². The van der Waals surface area contributed by atoms with Crippen molar-refractivity contribution in [2.75, 3.05) is 14.2 Å². The summed E-state index contributed by atoms with van der Waals surface area (Å²) < 4.78 is 11.1. The van der Waals surface area contributed by atoms with Gasteiger partial charge in [-0.3, -0.25) is 4.79 Å². The van der Waals surface area contributed by atoms with Crippen LogP contribution in [0.1, 0.15) is 23.3 Å². The maximum absolute atomic E-state index is 12.4. The molecule has 0 radical (unpaired) electrons. The van der Waals surface area contributed by atoms with Crippen LogP contribution in [0.4, 0.5) is 0 Å². The van der Waals surface area contributed by atoms with Crippen LogP contribution in [0.25, 0.3) is 11.3 Å². The second-order valence-electron chi connectivity index (χ2n) is 6.73. The fourth-order valence-electron chi connectivity index (χ4n) is 2.90. The van der Waals surface area contributed by atoms with Gasteiger partial charge < -0.3 is 14.1 Å². The van der Waals surface area contributed by atoms with Gasteiger partial charge in [0.05, 0.1) is 7.11 Å². The number of rotatable bonds is 7. The third kappa shape index (κ3) is 5.00. The average Bonchev–Trinajstić information content (AvgIpc) is 3.17. The monoisotopic (exact) mass is 363 g/mol. The summed E-state index contributed by atoms with van der Waals surface area (Å²) in [5, 5.41) is 0. The summed E-state index contributed by atoms with van der Waals surface area (Å²) >= 11 is 0. The molecule has 4 nitrogen and oxygen atoms in total. The Bertz CT molecular complexity index is 879. The van der Waals surface area contributed by atoms with Gasteiger partial charge in [-0.05, 0) is 48.9 Å². The third-order valence-electron chi connectivity index (χ3n) is 4.59. The first-order valence-corrected chi connectivity index (χ1v) is 9.08. The van der Waals surface area contributed by atoms with Crippen molar-refractivity contribution in [2.24, 2.45) is 0 Å². The Morgan fingerprint density at radius 1 is 1.00 bits per heavy atom. The maximum Gasteiger partial charge on any atom is 0.223 e. The van der Waals surface area contributed by atoms with Crippen LogP contribution in [-0.4, -0.2) is 25.0 Å². The molecule has 0 bridgehead atoms. The summed E-state index contributed by atoms with van der Waals surface area (Å²) in [4.78, 5) is 14.2. The van der Waals surface area contributed by atoms with Crippen LogP contribution in [0.3, 0.4) is 0 Å². The molecule has 0 unspecified atom stereocenters. The molecule has 0 spiro atoms. The van der Waals surface area contributed by atoms with E-state index in [1.165, 1.54) is 5.56 Å². The van der Waals surface area contributed by atoms with Crippen LogP contribution in [-0.2, 0) is 17.8 Å². The van der Waals surface area contributed by atoms with Crippen molar-refractivity contribution in [1.29, 1.82) is 0 Å². The van der Waals surface area contributed by atoms with Crippen LogP contribution in [0.2, 0.25) is 0 Å². The Hall–Kier alpha value is -3.01.